The molecule has 0 unspecified atom stereocenters. The summed E-state index contributed by atoms with van der Waals surface area (Å²) in [6.45, 7) is 5.10. The normalized spacial score (nSPS) is 11.3. The monoisotopic (exact) mass is 419 g/mol. The van der Waals surface area contributed by atoms with Crippen LogP contribution < -0.4 is 10.9 Å². The third kappa shape index (κ3) is 5.17. The van der Waals surface area contributed by atoms with Crippen molar-refractivity contribution in [3.8, 4) is 0 Å². The molecule has 0 aliphatic carbocycles. The highest BCUT2D eigenvalue weighted by Gasteiger charge is 2.15. The van der Waals surface area contributed by atoms with Gasteiger partial charge < -0.3 is 9.73 Å². The summed E-state index contributed by atoms with van der Waals surface area (Å²) in [5.74, 6) is 1.25. The maximum absolute atomic E-state index is 13.0. The minimum atomic E-state index is -0.194. The Kier molecular flexibility index (Phi) is 6.80. The van der Waals surface area contributed by atoms with Gasteiger partial charge in [0.05, 0.1) is 29.5 Å². The van der Waals surface area contributed by atoms with Gasteiger partial charge >= 0.3 is 0 Å². The summed E-state index contributed by atoms with van der Waals surface area (Å²) in [4.78, 5) is 29.7. The lowest BCUT2D eigenvalue weighted by Crippen LogP contribution is -2.28. The number of nitrogens with one attached hydrogen (secondary N) is 1. The van der Waals surface area contributed by atoms with Crippen LogP contribution in [0.4, 0.5) is 0 Å². The van der Waals surface area contributed by atoms with E-state index < -0.39 is 0 Å². The number of fused-ring (bicyclic) bond motifs is 1. The SMILES string of the molecule is CC(C)CCNC(=O)CSc1nc2cc(Cl)ccc2c(=O)n1Cc1ccco1. The first-order valence-electron chi connectivity index (χ1n) is 9.06. The van der Waals surface area contributed by atoms with E-state index in [-0.39, 0.29) is 23.8 Å². The average Bonchev–Trinajstić information content (AvgIpc) is 3.15. The molecule has 0 saturated heterocycles. The Labute approximate surface area is 172 Å². The molecule has 3 aromatic rings. The maximum atomic E-state index is 13.0. The second-order valence-electron chi connectivity index (χ2n) is 6.85. The first-order chi connectivity index (χ1) is 13.4. The molecule has 0 fully saturated rings. The van der Waals surface area contributed by atoms with Crippen molar-refractivity contribution in [1.29, 1.82) is 0 Å². The lowest BCUT2D eigenvalue weighted by molar-refractivity contribution is -0.118. The van der Waals surface area contributed by atoms with E-state index in [4.69, 9.17) is 16.0 Å². The Balaban J connectivity index is 1.86. The fourth-order valence-corrected chi connectivity index (χ4v) is 3.66. The van der Waals surface area contributed by atoms with Crippen LogP contribution >= 0.6 is 23.4 Å². The summed E-state index contributed by atoms with van der Waals surface area (Å²) < 4.78 is 6.91. The molecule has 0 saturated carbocycles. The van der Waals surface area contributed by atoms with Gasteiger partial charge in [-0.2, -0.15) is 0 Å². The van der Waals surface area contributed by atoms with E-state index in [1.54, 1.807) is 36.6 Å². The molecule has 3 rings (SSSR count). The molecular weight excluding hydrogens is 398 g/mol. The first-order valence-corrected chi connectivity index (χ1v) is 10.4. The molecule has 1 N–H and O–H groups in total. The molecule has 6 nitrogen and oxygen atoms in total. The Morgan fingerprint density at radius 3 is 2.89 bits per heavy atom. The second-order valence-corrected chi connectivity index (χ2v) is 8.23. The molecule has 0 aliphatic rings. The van der Waals surface area contributed by atoms with Crippen molar-refractivity contribution in [3.63, 3.8) is 0 Å². The molecule has 0 aliphatic heterocycles. The smallest absolute Gasteiger partial charge is 0.262 e. The zero-order valence-electron chi connectivity index (χ0n) is 15.8. The van der Waals surface area contributed by atoms with Gasteiger partial charge in [-0.3, -0.25) is 14.2 Å². The van der Waals surface area contributed by atoms with Gasteiger partial charge in [-0.05, 0) is 42.7 Å². The van der Waals surface area contributed by atoms with Crippen molar-refractivity contribution in [2.45, 2.75) is 32.0 Å². The quantitative estimate of drug-likeness (QED) is 0.442. The molecular formula is C20H22ClN3O3S. The van der Waals surface area contributed by atoms with Gasteiger partial charge in [0.1, 0.15) is 5.76 Å². The second kappa shape index (κ2) is 9.30. The summed E-state index contributed by atoms with van der Waals surface area (Å²) in [5.41, 5.74) is 0.316. The molecule has 0 bridgehead atoms. The Hall–Kier alpha value is -2.25. The third-order valence-corrected chi connectivity index (χ3v) is 5.36. The lowest BCUT2D eigenvalue weighted by atomic mass is 10.1. The topological polar surface area (TPSA) is 77.1 Å². The number of amides is 1. The van der Waals surface area contributed by atoms with E-state index in [2.05, 4.69) is 24.1 Å². The van der Waals surface area contributed by atoms with Crippen LogP contribution in [-0.2, 0) is 11.3 Å². The summed E-state index contributed by atoms with van der Waals surface area (Å²) >= 11 is 7.28. The minimum absolute atomic E-state index is 0.0874. The number of carbonyl (C=O) groups is 1. The van der Waals surface area contributed by atoms with Crippen LogP contribution in [0.3, 0.4) is 0 Å². The van der Waals surface area contributed by atoms with Gasteiger partial charge in [-0.25, -0.2) is 4.98 Å². The van der Waals surface area contributed by atoms with Gasteiger partial charge in [0.25, 0.3) is 5.56 Å². The van der Waals surface area contributed by atoms with Crippen LogP contribution in [-0.4, -0.2) is 27.8 Å². The van der Waals surface area contributed by atoms with Crippen LogP contribution in [0.2, 0.25) is 5.02 Å². The van der Waals surface area contributed by atoms with E-state index >= 15 is 0 Å². The highest BCUT2D eigenvalue weighted by molar-refractivity contribution is 7.99. The number of nitrogens with zero attached hydrogens (tertiary/aromatic N) is 2. The first kappa shape index (κ1) is 20.5. The van der Waals surface area contributed by atoms with Gasteiger partial charge in [-0.15, -0.1) is 0 Å². The average molecular weight is 420 g/mol. The predicted octanol–water partition coefficient (Wildman–Crippen LogP) is 3.95. The van der Waals surface area contributed by atoms with Crippen LogP contribution in [0.15, 0.2) is 51.0 Å². The molecule has 2 aromatic heterocycles. The van der Waals surface area contributed by atoms with Crippen LogP contribution in [0.1, 0.15) is 26.0 Å². The number of carbonyl (C=O) groups excluding carboxylic acids is 1. The van der Waals surface area contributed by atoms with Crippen molar-refractivity contribution in [3.05, 3.63) is 57.7 Å². The Morgan fingerprint density at radius 1 is 1.36 bits per heavy atom. The van der Waals surface area contributed by atoms with Crippen molar-refractivity contribution in [2.75, 3.05) is 12.3 Å². The lowest BCUT2D eigenvalue weighted by Gasteiger charge is -2.12. The third-order valence-electron chi connectivity index (χ3n) is 4.15. The van der Waals surface area contributed by atoms with Gasteiger partial charge in [-0.1, -0.05) is 37.2 Å². The van der Waals surface area contributed by atoms with Crippen LogP contribution in [0.25, 0.3) is 10.9 Å². The number of hydrogen-bond acceptors (Lipinski definition) is 5. The zero-order valence-corrected chi connectivity index (χ0v) is 17.3. The molecule has 0 spiro atoms. The summed E-state index contributed by atoms with van der Waals surface area (Å²) in [6.07, 6.45) is 2.48. The number of furan rings is 1. The van der Waals surface area contributed by atoms with E-state index in [1.807, 2.05) is 0 Å². The van der Waals surface area contributed by atoms with Gasteiger partial charge in [0.2, 0.25) is 5.91 Å². The maximum Gasteiger partial charge on any atom is 0.262 e. The standard InChI is InChI=1S/C20H22ClN3O3S/c1-13(2)7-8-22-18(25)12-28-20-23-17-10-14(21)5-6-16(17)19(26)24(20)11-15-4-3-9-27-15/h3-6,9-10,13H,7-8,11-12H2,1-2H3,(H,22,25). The van der Waals surface area contributed by atoms with Crippen molar-refractivity contribution >= 4 is 40.2 Å². The van der Waals surface area contributed by atoms with Crippen molar-refractivity contribution in [1.82, 2.24) is 14.9 Å². The van der Waals surface area contributed by atoms with Crippen LogP contribution in [0, 0.1) is 5.92 Å². The van der Waals surface area contributed by atoms with E-state index in [9.17, 15) is 9.59 Å². The molecule has 8 heteroatoms. The predicted molar refractivity (Wildman–Crippen MR) is 112 cm³/mol. The number of aromatic nitrogens is 2. The number of thioether (sulfide) groups is 1. The summed E-state index contributed by atoms with van der Waals surface area (Å²) in [7, 11) is 0. The number of rotatable bonds is 8. The molecule has 0 radical (unpaired) electrons. The molecule has 1 aromatic carbocycles. The highest BCUT2D eigenvalue weighted by atomic mass is 35.5. The van der Waals surface area contributed by atoms with Gasteiger partial charge in [0, 0.05) is 11.6 Å². The largest absolute Gasteiger partial charge is 0.467 e. The fourth-order valence-electron chi connectivity index (χ4n) is 2.66. The fraction of sp³-hybridized carbons (Fsp3) is 0.350. The Morgan fingerprint density at radius 2 is 2.18 bits per heavy atom. The van der Waals surface area contributed by atoms with E-state index in [1.165, 1.54) is 16.3 Å². The number of halogens is 1. The summed E-state index contributed by atoms with van der Waals surface area (Å²) in [5, 5.41) is 4.33. The van der Waals surface area contributed by atoms with Crippen LogP contribution in [0.5, 0.6) is 0 Å². The molecule has 148 valence electrons. The zero-order chi connectivity index (χ0) is 20.1. The number of hydrogen-bond donors (Lipinski definition) is 1. The van der Waals surface area contributed by atoms with E-state index in [0.717, 1.165) is 6.42 Å². The molecule has 28 heavy (non-hydrogen) atoms. The molecule has 0 atom stereocenters. The molecule has 1 amide bonds. The number of benzene rings is 1. The van der Waals surface area contributed by atoms with Crippen molar-refractivity contribution < 1.29 is 9.21 Å². The van der Waals surface area contributed by atoms with Gasteiger partial charge in [0.15, 0.2) is 5.16 Å². The van der Waals surface area contributed by atoms with E-state index in [0.29, 0.717) is 39.3 Å². The van der Waals surface area contributed by atoms with Crippen molar-refractivity contribution in [2.24, 2.45) is 5.92 Å². The minimum Gasteiger partial charge on any atom is -0.467 e. The highest BCUT2D eigenvalue weighted by Crippen LogP contribution is 2.21. The summed E-state index contributed by atoms with van der Waals surface area (Å²) in [6, 6.07) is 8.55. The molecule has 2 heterocycles. The Bertz CT molecular complexity index is 1020.